The summed E-state index contributed by atoms with van der Waals surface area (Å²) in [4.78, 5) is 26.9. The van der Waals surface area contributed by atoms with Crippen molar-refractivity contribution in [3.05, 3.63) is 35.8 Å². The van der Waals surface area contributed by atoms with Crippen molar-refractivity contribution in [3.63, 3.8) is 0 Å². The molecule has 2 atom stereocenters. The van der Waals surface area contributed by atoms with Gasteiger partial charge in [-0.15, -0.1) is 0 Å². The molecule has 1 saturated carbocycles. The zero-order valence-electron chi connectivity index (χ0n) is 12.3. The van der Waals surface area contributed by atoms with E-state index in [-0.39, 0.29) is 5.91 Å². The van der Waals surface area contributed by atoms with Gasteiger partial charge in [0.2, 0.25) is 5.91 Å². The van der Waals surface area contributed by atoms with Crippen LogP contribution in [-0.2, 0) is 9.59 Å². The first-order chi connectivity index (χ1) is 10.5. The fraction of sp³-hybridized carbons (Fsp3) is 0.333. The zero-order valence-corrected chi connectivity index (χ0v) is 12.3. The van der Waals surface area contributed by atoms with Gasteiger partial charge in [0, 0.05) is 5.69 Å². The van der Waals surface area contributed by atoms with Crippen LogP contribution in [0.2, 0.25) is 0 Å². The van der Waals surface area contributed by atoms with Crippen LogP contribution in [0.4, 0.5) is 5.69 Å². The Morgan fingerprint density at radius 2 is 2.09 bits per heavy atom. The molecule has 2 aromatic heterocycles. The molecule has 1 aliphatic carbocycles. The predicted molar refractivity (Wildman–Crippen MR) is 78.7 cm³/mol. The second-order valence-corrected chi connectivity index (χ2v) is 5.52. The SMILES string of the molecule is Cc1cc(C)n(-c2ccc(NC(=O)C3CC3C(=O)O)cn2)n1. The lowest BCUT2D eigenvalue weighted by Gasteiger charge is -2.06. The molecule has 0 spiro atoms. The molecule has 1 fully saturated rings. The smallest absolute Gasteiger partial charge is 0.307 e. The fourth-order valence-electron chi connectivity index (χ4n) is 2.44. The lowest BCUT2D eigenvalue weighted by Crippen LogP contribution is -2.17. The Labute approximate surface area is 127 Å². The van der Waals surface area contributed by atoms with Crippen molar-refractivity contribution in [2.45, 2.75) is 20.3 Å². The number of anilines is 1. The summed E-state index contributed by atoms with van der Waals surface area (Å²) in [6, 6.07) is 5.45. The predicted octanol–water partition coefficient (Wildman–Crippen LogP) is 1.54. The van der Waals surface area contributed by atoms with Crippen molar-refractivity contribution in [1.82, 2.24) is 14.8 Å². The summed E-state index contributed by atoms with van der Waals surface area (Å²) in [5, 5.41) is 15.9. The highest BCUT2D eigenvalue weighted by molar-refractivity contribution is 5.98. The fourth-order valence-corrected chi connectivity index (χ4v) is 2.44. The number of nitrogens with zero attached hydrogens (tertiary/aromatic N) is 3. The average Bonchev–Trinajstić information content (AvgIpc) is 3.20. The van der Waals surface area contributed by atoms with Crippen molar-refractivity contribution in [2.24, 2.45) is 11.8 Å². The van der Waals surface area contributed by atoms with E-state index in [9.17, 15) is 9.59 Å². The number of aliphatic carboxylic acids is 1. The molecule has 0 aliphatic heterocycles. The van der Waals surface area contributed by atoms with Gasteiger partial charge in [0.05, 0.1) is 29.4 Å². The number of carboxylic acids is 1. The minimum atomic E-state index is -0.918. The maximum absolute atomic E-state index is 11.9. The van der Waals surface area contributed by atoms with Crippen molar-refractivity contribution < 1.29 is 14.7 Å². The first-order valence-corrected chi connectivity index (χ1v) is 6.99. The lowest BCUT2D eigenvalue weighted by molar-refractivity contribution is -0.139. The number of hydrogen-bond donors (Lipinski definition) is 2. The number of pyridine rings is 1. The first-order valence-electron chi connectivity index (χ1n) is 6.99. The van der Waals surface area contributed by atoms with Gasteiger partial charge in [0.15, 0.2) is 5.82 Å². The zero-order chi connectivity index (χ0) is 15.9. The van der Waals surface area contributed by atoms with Gasteiger partial charge in [-0.3, -0.25) is 9.59 Å². The van der Waals surface area contributed by atoms with E-state index in [2.05, 4.69) is 15.4 Å². The molecule has 114 valence electrons. The molecule has 1 aliphatic rings. The number of carbonyl (C=O) groups excluding carboxylic acids is 1. The second-order valence-electron chi connectivity index (χ2n) is 5.52. The van der Waals surface area contributed by atoms with Crippen molar-refractivity contribution in [1.29, 1.82) is 0 Å². The van der Waals surface area contributed by atoms with Crippen LogP contribution in [0.15, 0.2) is 24.4 Å². The third-order valence-corrected chi connectivity index (χ3v) is 3.69. The Kier molecular flexibility index (Phi) is 3.40. The molecule has 2 aromatic rings. The van der Waals surface area contributed by atoms with Crippen molar-refractivity contribution in [2.75, 3.05) is 5.32 Å². The number of rotatable bonds is 4. The van der Waals surface area contributed by atoms with E-state index < -0.39 is 17.8 Å². The van der Waals surface area contributed by atoms with E-state index in [1.165, 1.54) is 0 Å². The molecular weight excluding hydrogens is 284 g/mol. The summed E-state index contributed by atoms with van der Waals surface area (Å²) >= 11 is 0. The minimum Gasteiger partial charge on any atom is -0.481 e. The highest BCUT2D eigenvalue weighted by atomic mass is 16.4. The van der Waals surface area contributed by atoms with Gasteiger partial charge in [-0.05, 0) is 38.5 Å². The highest BCUT2D eigenvalue weighted by Gasteiger charge is 2.48. The number of nitrogens with one attached hydrogen (secondary N) is 1. The summed E-state index contributed by atoms with van der Waals surface area (Å²) < 4.78 is 1.72. The monoisotopic (exact) mass is 300 g/mol. The highest BCUT2D eigenvalue weighted by Crippen LogP contribution is 2.39. The van der Waals surface area contributed by atoms with Crippen LogP contribution in [-0.4, -0.2) is 31.7 Å². The minimum absolute atomic E-state index is 0.270. The Balaban J connectivity index is 1.69. The first kappa shape index (κ1) is 14.2. The number of aromatic nitrogens is 3. The maximum atomic E-state index is 11.9. The second kappa shape index (κ2) is 5.25. The standard InChI is InChI=1S/C15H16N4O3/c1-8-5-9(2)19(18-8)13-4-3-10(7-16-13)17-14(20)11-6-12(11)15(21)22/h3-5,7,11-12H,6H2,1-2H3,(H,17,20)(H,21,22). The topological polar surface area (TPSA) is 97.1 Å². The summed E-state index contributed by atoms with van der Waals surface area (Å²) in [6.07, 6.45) is 1.94. The van der Waals surface area contributed by atoms with Gasteiger partial charge in [-0.1, -0.05) is 0 Å². The van der Waals surface area contributed by atoms with Gasteiger partial charge < -0.3 is 10.4 Å². The molecule has 7 nitrogen and oxygen atoms in total. The summed E-state index contributed by atoms with van der Waals surface area (Å²) in [5.41, 5.74) is 2.43. The number of hydrogen-bond acceptors (Lipinski definition) is 4. The van der Waals surface area contributed by atoms with E-state index >= 15 is 0 Å². The molecule has 0 radical (unpaired) electrons. The molecule has 7 heteroatoms. The van der Waals surface area contributed by atoms with Gasteiger partial charge in [0.25, 0.3) is 0 Å². The van der Waals surface area contributed by atoms with Crippen LogP contribution >= 0.6 is 0 Å². The van der Waals surface area contributed by atoms with Gasteiger partial charge >= 0.3 is 5.97 Å². The van der Waals surface area contributed by atoms with E-state index in [4.69, 9.17) is 5.11 Å². The molecule has 0 saturated heterocycles. The third-order valence-electron chi connectivity index (χ3n) is 3.69. The van der Waals surface area contributed by atoms with Gasteiger partial charge in [-0.25, -0.2) is 9.67 Å². The summed E-state index contributed by atoms with van der Waals surface area (Å²) in [5.74, 6) is -1.51. The molecule has 0 bridgehead atoms. The Bertz CT molecular complexity index is 736. The molecule has 22 heavy (non-hydrogen) atoms. The third kappa shape index (κ3) is 2.69. The van der Waals surface area contributed by atoms with Crippen LogP contribution in [0, 0.1) is 25.7 Å². The molecule has 2 unspecified atom stereocenters. The molecule has 3 rings (SSSR count). The summed E-state index contributed by atoms with van der Waals surface area (Å²) in [6.45, 7) is 3.85. The van der Waals surface area contributed by atoms with E-state index in [1.807, 2.05) is 19.9 Å². The van der Waals surface area contributed by atoms with E-state index in [0.717, 1.165) is 11.4 Å². The number of amides is 1. The van der Waals surface area contributed by atoms with Crippen LogP contribution in [0.25, 0.3) is 5.82 Å². The molecule has 2 N–H and O–H groups in total. The summed E-state index contributed by atoms with van der Waals surface area (Å²) in [7, 11) is 0. The maximum Gasteiger partial charge on any atom is 0.307 e. The Hall–Kier alpha value is -2.70. The van der Waals surface area contributed by atoms with Gasteiger partial charge in [-0.2, -0.15) is 5.10 Å². The van der Waals surface area contributed by atoms with Crippen LogP contribution in [0.1, 0.15) is 17.8 Å². The average molecular weight is 300 g/mol. The van der Waals surface area contributed by atoms with Gasteiger partial charge in [0.1, 0.15) is 0 Å². The van der Waals surface area contributed by atoms with E-state index in [0.29, 0.717) is 17.9 Å². The largest absolute Gasteiger partial charge is 0.481 e. The Morgan fingerprint density at radius 1 is 1.32 bits per heavy atom. The molecule has 0 aromatic carbocycles. The number of carboxylic acid groups (broad SMARTS) is 1. The van der Waals surface area contributed by atoms with Crippen LogP contribution in [0.5, 0.6) is 0 Å². The molecule has 2 heterocycles. The Morgan fingerprint density at radius 3 is 2.59 bits per heavy atom. The van der Waals surface area contributed by atoms with Crippen molar-refractivity contribution in [3.8, 4) is 5.82 Å². The molecule has 1 amide bonds. The lowest BCUT2D eigenvalue weighted by atomic mass is 10.3. The quantitative estimate of drug-likeness (QED) is 0.892. The number of aryl methyl sites for hydroxylation is 2. The number of carbonyl (C=O) groups is 2. The van der Waals surface area contributed by atoms with Crippen LogP contribution in [0.3, 0.4) is 0 Å². The van der Waals surface area contributed by atoms with E-state index in [1.54, 1.807) is 23.0 Å². The van der Waals surface area contributed by atoms with Crippen molar-refractivity contribution >= 4 is 17.6 Å². The molecular formula is C15H16N4O3. The van der Waals surface area contributed by atoms with Crippen LogP contribution < -0.4 is 5.32 Å². The normalized spacial score (nSPS) is 19.7.